The van der Waals surface area contributed by atoms with Crippen LogP contribution in [-0.4, -0.2) is 19.7 Å². The maximum Gasteiger partial charge on any atom is 0.0873 e. The first-order valence-corrected chi connectivity index (χ1v) is 5.96. The van der Waals surface area contributed by atoms with E-state index in [0.717, 1.165) is 6.61 Å². The summed E-state index contributed by atoms with van der Waals surface area (Å²) in [7, 11) is 0. The number of hydrogen-bond acceptors (Lipinski definition) is 3. The summed E-state index contributed by atoms with van der Waals surface area (Å²) in [6.07, 6.45) is 9.43. The highest BCUT2D eigenvalue weighted by Gasteiger charge is 1.88. The molecule has 0 saturated heterocycles. The Morgan fingerprint density at radius 2 is 1.53 bits per heavy atom. The molecule has 0 rings (SSSR count). The molecule has 3 nitrogen and oxygen atoms in total. The van der Waals surface area contributed by atoms with E-state index in [1.807, 2.05) is 0 Å². The van der Waals surface area contributed by atoms with Crippen LogP contribution in [0.5, 0.6) is 0 Å². The van der Waals surface area contributed by atoms with Crippen molar-refractivity contribution in [2.75, 3.05) is 19.7 Å². The molecule has 0 heterocycles. The SMILES string of the molecule is C=COCCCCCCCC.NCCN. The van der Waals surface area contributed by atoms with Crippen molar-refractivity contribution in [3.8, 4) is 0 Å². The molecule has 0 spiro atoms. The highest BCUT2D eigenvalue weighted by Crippen LogP contribution is 2.04. The van der Waals surface area contributed by atoms with Gasteiger partial charge in [-0.3, -0.25) is 0 Å². The molecular formula is C12H28N2O. The van der Waals surface area contributed by atoms with Crippen LogP contribution in [0.1, 0.15) is 45.4 Å². The molecule has 0 saturated carbocycles. The third kappa shape index (κ3) is 24.7. The zero-order chi connectivity index (χ0) is 11.8. The fourth-order valence-electron chi connectivity index (χ4n) is 1.05. The van der Waals surface area contributed by atoms with E-state index >= 15 is 0 Å². The topological polar surface area (TPSA) is 61.3 Å². The van der Waals surface area contributed by atoms with E-state index in [2.05, 4.69) is 13.5 Å². The highest BCUT2D eigenvalue weighted by atomic mass is 16.5. The van der Waals surface area contributed by atoms with Crippen molar-refractivity contribution >= 4 is 0 Å². The maximum absolute atomic E-state index is 5.00. The lowest BCUT2D eigenvalue weighted by molar-refractivity contribution is 0.241. The second-order valence-corrected chi connectivity index (χ2v) is 3.38. The minimum atomic E-state index is 0.597. The average molecular weight is 216 g/mol. The largest absolute Gasteiger partial charge is 0.502 e. The van der Waals surface area contributed by atoms with Crippen LogP contribution >= 0.6 is 0 Å². The van der Waals surface area contributed by atoms with E-state index in [1.165, 1.54) is 44.8 Å². The van der Waals surface area contributed by atoms with Crippen molar-refractivity contribution < 1.29 is 4.74 Å². The predicted octanol–water partition coefficient (Wildman–Crippen LogP) is 2.41. The fourth-order valence-corrected chi connectivity index (χ4v) is 1.05. The van der Waals surface area contributed by atoms with Gasteiger partial charge in [0.2, 0.25) is 0 Å². The third-order valence-corrected chi connectivity index (χ3v) is 1.90. The van der Waals surface area contributed by atoms with Gasteiger partial charge in [0.05, 0.1) is 12.9 Å². The summed E-state index contributed by atoms with van der Waals surface area (Å²) in [4.78, 5) is 0. The van der Waals surface area contributed by atoms with E-state index in [9.17, 15) is 0 Å². The lowest BCUT2D eigenvalue weighted by Crippen LogP contribution is -2.11. The Labute approximate surface area is 94.9 Å². The second kappa shape index (κ2) is 19.1. The summed E-state index contributed by atoms with van der Waals surface area (Å²) >= 11 is 0. The third-order valence-electron chi connectivity index (χ3n) is 1.90. The predicted molar refractivity (Wildman–Crippen MR) is 67.6 cm³/mol. The first-order chi connectivity index (χ1) is 7.33. The molecule has 0 aromatic heterocycles. The summed E-state index contributed by atoms with van der Waals surface area (Å²) in [5, 5.41) is 0. The zero-order valence-electron chi connectivity index (χ0n) is 10.2. The molecule has 92 valence electrons. The molecule has 3 heteroatoms. The molecule has 0 aliphatic heterocycles. The molecule has 0 fully saturated rings. The number of rotatable bonds is 9. The van der Waals surface area contributed by atoms with Crippen molar-refractivity contribution in [3.05, 3.63) is 12.8 Å². The van der Waals surface area contributed by atoms with Gasteiger partial charge in [-0.25, -0.2) is 0 Å². The standard InChI is InChI=1S/C10H20O.C2H8N2/c1-3-5-6-7-8-9-10-11-4-2;3-1-2-4/h4H,2-3,5-10H2,1H3;1-4H2. The molecule has 0 aromatic rings. The summed E-state index contributed by atoms with van der Waals surface area (Å²) in [5.74, 6) is 0. The van der Waals surface area contributed by atoms with Crippen LogP contribution in [-0.2, 0) is 4.74 Å². The van der Waals surface area contributed by atoms with E-state index in [1.54, 1.807) is 0 Å². The Kier molecular flexibility index (Phi) is 21.5. The first kappa shape index (κ1) is 16.9. The minimum absolute atomic E-state index is 0.597. The highest BCUT2D eigenvalue weighted by molar-refractivity contribution is 4.49. The summed E-state index contributed by atoms with van der Waals surface area (Å²) in [6, 6.07) is 0. The Morgan fingerprint density at radius 3 is 2.00 bits per heavy atom. The number of ether oxygens (including phenoxy) is 1. The van der Waals surface area contributed by atoms with E-state index in [0.29, 0.717) is 13.1 Å². The van der Waals surface area contributed by atoms with Gasteiger partial charge in [-0.05, 0) is 6.42 Å². The average Bonchev–Trinajstić information content (AvgIpc) is 2.28. The quantitative estimate of drug-likeness (QED) is 0.459. The van der Waals surface area contributed by atoms with Gasteiger partial charge in [-0.1, -0.05) is 45.6 Å². The van der Waals surface area contributed by atoms with Crippen LogP contribution < -0.4 is 11.5 Å². The maximum atomic E-state index is 5.00. The Morgan fingerprint density at radius 1 is 1.00 bits per heavy atom. The van der Waals surface area contributed by atoms with Gasteiger partial charge in [0, 0.05) is 13.1 Å². The molecule has 0 atom stereocenters. The van der Waals surface area contributed by atoms with Gasteiger partial charge in [0.15, 0.2) is 0 Å². The minimum Gasteiger partial charge on any atom is -0.502 e. The van der Waals surface area contributed by atoms with Gasteiger partial charge in [0.1, 0.15) is 0 Å². The lowest BCUT2D eigenvalue weighted by atomic mass is 10.1. The number of nitrogens with two attached hydrogens (primary N) is 2. The normalized spacial score (nSPS) is 9.00. The van der Waals surface area contributed by atoms with Crippen LogP contribution in [0.2, 0.25) is 0 Å². The van der Waals surface area contributed by atoms with Crippen molar-refractivity contribution in [3.63, 3.8) is 0 Å². The van der Waals surface area contributed by atoms with Crippen LogP contribution in [0, 0.1) is 0 Å². The van der Waals surface area contributed by atoms with Gasteiger partial charge in [-0.2, -0.15) is 0 Å². The monoisotopic (exact) mass is 216 g/mol. The van der Waals surface area contributed by atoms with Gasteiger partial charge >= 0.3 is 0 Å². The Bertz CT molecular complexity index is 106. The number of unbranched alkanes of at least 4 members (excludes halogenated alkanes) is 5. The van der Waals surface area contributed by atoms with E-state index in [-0.39, 0.29) is 0 Å². The molecule has 0 aromatic carbocycles. The molecule has 15 heavy (non-hydrogen) atoms. The van der Waals surface area contributed by atoms with Crippen molar-refractivity contribution in [1.29, 1.82) is 0 Å². The Hall–Kier alpha value is -0.540. The second-order valence-electron chi connectivity index (χ2n) is 3.38. The molecule has 0 bridgehead atoms. The molecule has 0 aliphatic rings. The Balaban J connectivity index is 0. The van der Waals surface area contributed by atoms with Gasteiger partial charge < -0.3 is 16.2 Å². The summed E-state index contributed by atoms with van der Waals surface area (Å²) in [6.45, 7) is 7.76. The van der Waals surface area contributed by atoms with Crippen LogP contribution in [0.3, 0.4) is 0 Å². The van der Waals surface area contributed by atoms with Crippen LogP contribution in [0.25, 0.3) is 0 Å². The summed E-state index contributed by atoms with van der Waals surface area (Å²) < 4.78 is 5.00. The van der Waals surface area contributed by atoms with Crippen molar-refractivity contribution in [1.82, 2.24) is 0 Å². The van der Waals surface area contributed by atoms with Gasteiger partial charge in [-0.15, -0.1) is 0 Å². The van der Waals surface area contributed by atoms with Crippen LogP contribution in [0.4, 0.5) is 0 Å². The van der Waals surface area contributed by atoms with Crippen molar-refractivity contribution in [2.24, 2.45) is 11.5 Å². The van der Waals surface area contributed by atoms with Crippen molar-refractivity contribution in [2.45, 2.75) is 45.4 Å². The van der Waals surface area contributed by atoms with E-state index < -0.39 is 0 Å². The van der Waals surface area contributed by atoms with Gasteiger partial charge in [0.25, 0.3) is 0 Å². The molecule has 4 N–H and O–H groups in total. The smallest absolute Gasteiger partial charge is 0.0873 e. The molecule has 0 aliphatic carbocycles. The first-order valence-electron chi connectivity index (χ1n) is 5.96. The van der Waals surface area contributed by atoms with Crippen LogP contribution in [0.15, 0.2) is 12.8 Å². The molecule has 0 radical (unpaired) electrons. The molecule has 0 amide bonds. The van der Waals surface area contributed by atoms with E-state index in [4.69, 9.17) is 16.2 Å². The fraction of sp³-hybridized carbons (Fsp3) is 0.833. The number of hydrogen-bond donors (Lipinski definition) is 2. The lowest BCUT2D eigenvalue weighted by Gasteiger charge is -1.99. The zero-order valence-corrected chi connectivity index (χ0v) is 10.2. The summed E-state index contributed by atoms with van der Waals surface area (Å²) in [5.41, 5.74) is 9.81. The molecular weight excluding hydrogens is 188 g/mol. The molecule has 0 unspecified atom stereocenters.